The summed E-state index contributed by atoms with van der Waals surface area (Å²) in [5.41, 5.74) is 2.96. The van der Waals surface area contributed by atoms with Crippen LogP contribution in [-0.2, 0) is 6.54 Å². The van der Waals surface area contributed by atoms with E-state index < -0.39 is 0 Å². The van der Waals surface area contributed by atoms with Crippen molar-refractivity contribution < 1.29 is 9.21 Å². The van der Waals surface area contributed by atoms with Crippen molar-refractivity contribution >= 4 is 12.0 Å². The fourth-order valence-electron chi connectivity index (χ4n) is 2.06. The Morgan fingerprint density at radius 1 is 1.33 bits per heavy atom. The maximum Gasteiger partial charge on any atom is 0.150 e. The molecule has 0 spiro atoms. The van der Waals surface area contributed by atoms with E-state index in [4.69, 9.17) is 4.42 Å². The Balaban J connectivity index is 2.24. The van der Waals surface area contributed by atoms with E-state index in [9.17, 15) is 4.79 Å². The molecule has 0 amide bonds. The number of carbonyl (C=O) groups excluding carboxylic acids is 1. The number of furan rings is 1. The molecule has 0 aliphatic heterocycles. The van der Waals surface area contributed by atoms with Gasteiger partial charge in [0.05, 0.1) is 12.8 Å². The third-order valence-corrected chi connectivity index (χ3v) is 3.01. The number of rotatable bonds is 5. The van der Waals surface area contributed by atoms with Crippen LogP contribution in [-0.4, -0.2) is 12.8 Å². The Morgan fingerprint density at radius 3 is 2.72 bits per heavy atom. The van der Waals surface area contributed by atoms with E-state index in [-0.39, 0.29) is 0 Å². The van der Waals surface area contributed by atoms with Crippen molar-refractivity contribution in [3.05, 3.63) is 53.5 Å². The summed E-state index contributed by atoms with van der Waals surface area (Å²) in [5.74, 6) is 0.940. The predicted octanol–water partition coefficient (Wildman–Crippen LogP) is 3.43. The first-order chi connectivity index (χ1) is 8.74. The van der Waals surface area contributed by atoms with Gasteiger partial charge in [0.2, 0.25) is 0 Å². The second-order valence-corrected chi connectivity index (χ2v) is 4.26. The van der Waals surface area contributed by atoms with Gasteiger partial charge in [-0.15, -0.1) is 0 Å². The lowest BCUT2D eigenvalue weighted by Crippen LogP contribution is -2.22. The van der Waals surface area contributed by atoms with Crippen molar-refractivity contribution in [3.8, 4) is 0 Å². The van der Waals surface area contributed by atoms with Crippen LogP contribution in [0.2, 0.25) is 0 Å². The Bertz CT molecular complexity index is 517. The van der Waals surface area contributed by atoms with Crippen LogP contribution < -0.4 is 4.90 Å². The van der Waals surface area contributed by atoms with E-state index in [0.29, 0.717) is 5.56 Å². The van der Waals surface area contributed by atoms with Crippen LogP contribution in [0.4, 0.5) is 5.69 Å². The van der Waals surface area contributed by atoms with Gasteiger partial charge >= 0.3 is 0 Å². The molecule has 94 valence electrons. The number of aryl methyl sites for hydroxylation is 1. The average molecular weight is 243 g/mol. The molecule has 0 aliphatic carbocycles. The topological polar surface area (TPSA) is 33.5 Å². The van der Waals surface area contributed by atoms with Gasteiger partial charge in [-0.05, 0) is 49.7 Å². The number of anilines is 1. The zero-order valence-electron chi connectivity index (χ0n) is 10.7. The van der Waals surface area contributed by atoms with E-state index >= 15 is 0 Å². The van der Waals surface area contributed by atoms with Gasteiger partial charge in [-0.25, -0.2) is 0 Å². The molecule has 0 fully saturated rings. The predicted molar refractivity (Wildman–Crippen MR) is 72.0 cm³/mol. The SMILES string of the molecule is CCN(Cc1ccco1)c1ccc(C=O)cc1C. The first kappa shape index (κ1) is 12.4. The fraction of sp³-hybridized carbons (Fsp3) is 0.267. The van der Waals surface area contributed by atoms with Crippen molar-refractivity contribution in [1.82, 2.24) is 0 Å². The maximum absolute atomic E-state index is 10.7. The lowest BCUT2D eigenvalue weighted by Gasteiger charge is -2.24. The van der Waals surface area contributed by atoms with Crippen molar-refractivity contribution in [2.75, 3.05) is 11.4 Å². The normalized spacial score (nSPS) is 10.3. The molecule has 2 aromatic rings. The first-order valence-corrected chi connectivity index (χ1v) is 6.07. The molecule has 1 aromatic heterocycles. The van der Waals surface area contributed by atoms with Gasteiger partial charge in [0.1, 0.15) is 12.0 Å². The Kier molecular flexibility index (Phi) is 3.82. The molecule has 0 aliphatic rings. The van der Waals surface area contributed by atoms with E-state index in [1.807, 2.05) is 37.3 Å². The summed E-state index contributed by atoms with van der Waals surface area (Å²) in [6.45, 7) is 5.76. The molecule has 18 heavy (non-hydrogen) atoms. The fourth-order valence-corrected chi connectivity index (χ4v) is 2.06. The standard InChI is InChI=1S/C15H17NO2/c1-3-16(10-14-5-4-8-18-14)15-7-6-13(11-17)9-12(15)2/h4-9,11H,3,10H2,1-2H3. The lowest BCUT2D eigenvalue weighted by molar-refractivity contribution is 0.112. The van der Waals surface area contributed by atoms with Gasteiger partial charge in [0.25, 0.3) is 0 Å². The Morgan fingerprint density at radius 2 is 2.17 bits per heavy atom. The molecule has 0 bridgehead atoms. The summed E-state index contributed by atoms with van der Waals surface area (Å²) in [5, 5.41) is 0. The Hall–Kier alpha value is -2.03. The monoisotopic (exact) mass is 243 g/mol. The number of hydrogen-bond acceptors (Lipinski definition) is 3. The molecule has 1 heterocycles. The highest BCUT2D eigenvalue weighted by molar-refractivity contribution is 5.76. The minimum atomic E-state index is 0.713. The van der Waals surface area contributed by atoms with Crippen molar-refractivity contribution in [3.63, 3.8) is 0 Å². The quantitative estimate of drug-likeness (QED) is 0.754. The van der Waals surface area contributed by atoms with Gasteiger partial charge in [-0.1, -0.05) is 0 Å². The first-order valence-electron chi connectivity index (χ1n) is 6.07. The molecule has 0 unspecified atom stereocenters. The third kappa shape index (κ3) is 2.62. The van der Waals surface area contributed by atoms with E-state index in [1.165, 1.54) is 0 Å². The van der Waals surface area contributed by atoms with Gasteiger partial charge in [0.15, 0.2) is 0 Å². The molecule has 0 saturated carbocycles. The molecule has 0 radical (unpaired) electrons. The highest BCUT2D eigenvalue weighted by Crippen LogP contribution is 2.22. The molecular formula is C15H17NO2. The third-order valence-electron chi connectivity index (χ3n) is 3.01. The minimum Gasteiger partial charge on any atom is -0.467 e. The van der Waals surface area contributed by atoms with Gasteiger partial charge in [-0.2, -0.15) is 0 Å². The molecule has 0 atom stereocenters. The lowest BCUT2D eigenvalue weighted by atomic mass is 10.1. The summed E-state index contributed by atoms with van der Waals surface area (Å²) < 4.78 is 5.37. The molecule has 3 heteroatoms. The van der Waals surface area contributed by atoms with E-state index in [0.717, 1.165) is 36.4 Å². The largest absolute Gasteiger partial charge is 0.467 e. The smallest absolute Gasteiger partial charge is 0.150 e. The number of carbonyl (C=O) groups is 1. The van der Waals surface area contributed by atoms with Crippen LogP contribution in [0.15, 0.2) is 41.0 Å². The summed E-state index contributed by atoms with van der Waals surface area (Å²) in [4.78, 5) is 13.0. The van der Waals surface area contributed by atoms with Crippen LogP contribution in [0.1, 0.15) is 28.6 Å². The van der Waals surface area contributed by atoms with Crippen LogP contribution >= 0.6 is 0 Å². The molecule has 1 aromatic carbocycles. The highest BCUT2D eigenvalue weighted by Gasteiger charge is 2.10. The van der Waals surface area contributed by atoms with Crippen LogP contribution in [0.3, 0.4) is 0 Å². The second kappa shape index (κ2) is 5.54. The van der Waals surface area contributed by atoms with Crippen LogP contribution in [0, 0.1) is 6.92 Å². The molecule has 2 rings (SSSR count). The highest BCUT2D eigenvalue weighted by atomic mass is 16.3. The van der Waals surface area contributed by atoms with Crippen molar-refractivity contribution in [1.29, 1.82) is 0 Å². The maximum atomic E-state index is 10.7. The number of benzene rings is 1. The number of hydrogen-bond donors (Lipinski definition) is 0. The molecular weight excluding hydrogens is 226 g/mol. The van der Waals surface area contributed by atoms with Gasteiger partial charge < -0.3 is 9.32 Å². The van der Waals surface area contributed by atoms with Gasteiger partial charge in [0, 0.05) is 17.8 Å². The summed E-state index contributed by atoms with van der Waals surface area (Å²) in [6, 6.07) is 9.61. The second-order valence-electron chi connectivity index (χ2n) is 4.26. The summed E-state index contributed by atoms with van der Waals surface area (Å²) in [6.07, 6.45) is 2.56. The van der Waals surface area contributed by atoms with Crippen LogP contribution in [0.25, 0.3) is 0 Å². The number of aldehydes is 1. The number of nitrogens with zero attached hydrogens (tertiary/aromatic N) is 1. The van der Waals surface area contributed by atoms with Crippen LogP contribution in [0.5, 0.6) is 0 Å². The summed E-state index contributed by atoms with van der Waals surface area (Å²) >= 11 is 0. The van der Waals surface area contributed by atoms with Crippen molar-refractivity contribution in [2.24, 2.45) is 0 Å². The summed E-state index contributed by atoms with van der Waals surface area (Å²) in [7, 11) is 0. The zero-order valence-corrected chi connectivity index (χ0v) is 10.7. The average Bonchev–Trinajstić information content (AvgIpc) is 2.89. The minimum absolute atomic E-state index is 0.713. The van der Waals surface area contributed by atoms with Crippen molar-refractivity contribution in [2.45, 2.75) is 20.4 Å². The van der Waals surface area contributed by atoms with E-state index in [2.05, 4.69) is 11.8 Å². The molecule has 0 saturated heterocycles. The van der Waals surface area contributed by atoms with E-state index in [1.54, 1.807) is 6.26 Å². The molecule has 0 N–H and O–H groups in total. The molecule has 3 nitrogen and oxygen atoms in total. The Labute approximate surface area is 107 Å². The zero-order chi connectivity index (χ0) is 13.0. The van der Waals surface area contributed by atoms with Gasteiger partial charge in [-0.3, -0.25) is 4.79 Å².